The van der Waals surface area contributed by atoms with Crippen molar-refractivity contribution in [3.63, 3.8) is 0 Å². The van der Waals surface area contributed by atoms with E-state index in [1.807, 2.05) is 0 Å². The van der Waals surface area contributed by atoms with Gasteiger partial charge in [-0.3, -0.25) is 9.00 Å². The first-order chi connectivity index (χ1) is 5.52. The lowest BCUT2D eigenvalue weighted by Crippen LogP contribution is -2.57. The molecule has 0 radical (unpaired) electrons. The summed E-state index contributed by atoms with van der Waals surface area (Å²) in [6.45, 7) is -0.455. The number of likely N-dealkylation sites (tertiary alicyclic amines) is 1. The Morgan fingerprint density at radius 3 is 2.75 bits per heavy atom. The molecule has 0 bridgehead atoms. The zero-order chi connectivity index (χ0) is 9.30. The van der Waals surface area contributed by atoms with Crippen molar-refractivity contribution in [2.24, 2.45) is 0 Å². The second-order valence-electron chi connectivity index (χ2n) is 2.55. The van der Waals surface area contributed by atoms with Gasteiger partial charge in [0.25, 0.3) is 0 Å². The molecule has 6 heteroatoms. The van der Waals surface area contributed by atoms with Gasteiger partial charge in [-0.1, -0.05) is 0 Å². The maximum Gasteiger partial charge on any atom is 0.226 e. The van der Waals surface area contributed by atoms with Crippen molar-refractivity contribution in [1.29, 1.82) is 0 Å². The highest BCUT2D eigenvalue weighted by atomic mass is 32.2. The van der Waals surface area contributed by atoms with Crippen molar-refractivity contribution < 1.29 is 18.9 Å². The van der Waals surface area contributed by atoms with Crippen LogP contribution in [0.5, 0.6) is 0 Å². The summed E-state index contributed by atoms with van der Waals surface area (Å²) in [5.41, 5.74) is 0. The molecule has 0 aromatic heterocycles. The molecule has 2 atom stereocenters. The highest BCUT2D eigenvalue weighted by molar-refractivity contribution is 7.85. The first-order valence-corrected chi connectivity index (χ1v) is 4.96. The van der Waals surface area contributed by atoms with Crippen LogP contribution >= 0.6 is 0 Å². The molecule has 2 unspecified atom stereocenters. The molecule has 1 amide bonds. The van der Waals surface area contributed by atoms with Gasteiger partial charge in [0.15, 0.2) is 0 Å². The van der Waals surface area contributed by atoms with Crippen LogP contribution in [0, 0.1) is 0 Å². The van der Waals surface area contributed by atoms with E-state index in [0.29, 0.717) is 0 Å². The Bertz CT molecular complexity index is 252. The summed E-state index contributed by atoms with van der Waals surface area (Å²) in [6, 6.07) is 0. The number of carboxylic acids is 1. The van der Waals surface area contributed by atoms with E-state index in [9.17, 15) is 18.9 Å². The van der Waals surface area contributed by atoms with Crippen LogP contribution < -0.4 is 5.11 Å². The second-order valence-corrected chi connectivity index (χ2v) is 4.09. The van der Waals surface area contributed by atoms with E-state index in [-0.39, 0.29) is 12.3 Å². The highest BCUT2D eigenvalue weighted by Gasteiger charge is 2.38. The summed E-state index contributed by atoms with van der Waals surface area (Å²) in [5.74, 6) is -1.60. The first kappa shape index (κ1) is 9.18. The molecule has 0 aliphatic carbocycles. The third-order valence-electron chi connectivity index (χ3n) is 1.70. The maximum atomic E-state index is 10.9. The Hall–Kier alpha value is -0.910. The molecular formula is C6H8NO4S-. The number of amides is 1. The zero-order valence-corrected chi connectivity index (χ0v) is 7.30. The van der Waals surface area contributed by atoms with Gasteiger partial charge in [0.2, 0.25) is 5.91 Å². The molecule has 1 rings (SSSR count). The summed E-state index contributed by atoms with van der Waals surface area (Å²) in [7, 11) is -1.18. The Morgan fingerprint density at radius 2 is 2.42 bits per heavy atom. The molecule has 1 heterocycles. The SMILES string of the molecule is CS(=O)C1CC(=O)N1CC(=O)[O-]. The number of aliphatic carboxylic acids is 1. The lowest BCUT2D eigenvalue weighted by molar-refractivity contribution is -0.306. The number of rotatable bonds is 3. The van der Waals surface area contributed by atoms with Gasteiger partial charge in [0, 0.05) is 17.1 Å². The molecule has 0 spiro atoms. The van der Waals surface area contributed by atoms with Crippen molar-refractivity contribution >= 4 is 22.7 Å². The Labute approximate surface area is 71.8 Å². The van der Waals surface area contributed by atoms with Crippen LogP contribution in [-0.2, 0) is 20.4 Å². The summed E-state index contributed by atoms with van der Waals surface area (Å²) in [6.07, 6.45) is 1.62. The van der Waals surface area contributed by atoms with E-state index >= 15 is 0 Å². The van der Waals surface area contributed by atoms with Crippen LogP contribution in [-0.4, -0.2) is 39.2 Å². The topological polar surface area (TPSA) is 77.5 Å². The van der Waals surface area contributed by atoms with Crippen LogP contribution in [0.25, 0.3) is 0 Å². The van der Waals surface area contributed by atoms with Crippen molar-refractivity contribution in [2.45, 2.75) is 11.8 Å². The second kappa shape index (κ2) is 3.22. The van der Waals surface area contributed by atoms with E-state index in [1.54, 1.807) is 0 Å². The number of carbonyl (C=O) groups excluding carboxylic acids is 2. The van der Waals surface area contributed by atoms with Gasteiger partial charge in [-0.25, -0.2) is 0 Å². The van der Waals surface area contributed by atoms with Crippen molar-refractivity contribution in [3.8, 4) is 0 Å². The molecule has 1 aliphatic heterocycles. The van der Waals surface area contributed by atoms with Crippen LogP contribution in [0.3, 0.4) is 0 Å². The molecule has 0 saturated carbocycles. The van der Waals surface area contributed by atoms with Crippen LogP contribution in [0.15, 0.2) is 0 Å². The van der Waals surface area contributed by atoms with E-state index < -0.39 is 28.7 Å². The third-order valence-corrected chi connectivity index (χ3v) is 2.89. The van der Waals surface area contributed by atoms with Crippen molar-refractivity contribution in [1.82, 2.24) is 4.90 Å². The number of hydrogen-bond acceptors (Lipinski definition) is 4. The first-order valence-electron chi connectivity index (χ1n) is 3.34. The number of β-lactam (4-membered cyclic amide) rings is 1. The zero-order valence-electron chi connectivity index (χ0n) is 6.48. The average Bonchev–Trinajstić information content (AvgIpc) is 1.95. The normalized spacial score (nSPS) is 24.9. The summed E-state index contributed by atoms with van der Waals surface area (Å²) in [4.78, 5) is 22.0. The van der Waals surface area contributed by atoms with E-state index in [1.165, 1.54) is 6.26 Å². The van der Waals surface area contributed by atoms with Crippen molar-refractivity contribution in [3.05, 3.63) is 0 Å². The molecule has 0 aromatic rings. The minimum Gasteiger partial charge on any atom is -0.548 e. The van der Waals surface area contributed by atoms with Gasteiger partial charge < -0.3 is 14.8 Å². The molecule has 1 aliphatic rings. The molecule has 0 N–H and O–H groups in total. The van der Waals surface area contributed by atoms with Crippen LogP contribution in [0.2, 0.25) is 0 Å². The lowest BCUT2D eigenvalue weighted by Gasteiger charge is -2.38. The van der Waals surface area contributed by atoms with Gasteiger partial charge in [-0.15, -0.1) is 0 Å². The van der Waals surface area contributed by atoms with E-state index in [0.717, 1.165) is 4.90 Å². The fourth-order valence-corrected chi connectivity index (χ4v) is 1.98. The molecule has 12 heavy (non-hydrogen) atoms. The van der Waals surface area contributed by atoms with Gasteiger partial charge in [-0.05, 0) is 0 Å². The van der Waals surface area contributed by atoms with Crippen LogP contribution in [0.4, 0.5) is 0 Å². The Morgan fingerprint density at radius 1 is 1.83 bits per heavy atom. The highest BCUT2D eigenvalue weighted by Crippen LogP contribution is 2.20. The Kier molecular flexibility index (Phi) is 2.46. The minimum absolute atomic E-state index is 0.177. The molecular weight excluding hydrogens is 182 g/mol. The van der Waals surface area contributed by atoms with Crippen LogP contribution in [0.1, 0.15) is 6.42 Å². The largest absolute Gasteiger partial charge is 0.548 e. The molecule has 5 nitrogen and oxygen atoms in total. The molecule has 1 fully saturated rings. The maximum absolute atomic E-state index is 10.9. The summed E-state index contributed by atoms with van der Waals surface area (Å²) in [5, 5.41) is 9.68. The minimum atomic E-state index is -1.32. The fraction of sp³-hybridized carbons (Fsp3) is 0.667. The van der Waals surface area contributed by atoms with Gasteiger partial charge >= 0.3 is 0 Å². The van der Waals surface area contributed by atoms with Crippen molar-refractivity contribution in [2.75, 3.05) is 12.8 Å². The predicted molar refractivity (Wildman–Crippen MR) is 39.2 cm³/mol. The van der Waals surface area contributed by atoms with Gasteiger partial charge in [-0.2, -0.15) is 0 Å². The molecule has 68 valence electrons. The molecule has 0 aromatic carbocycles. The average molecular weight is 190 g/mol. The number of carboxylic acid groups (broad SMARTS) is 1. The number of nitrogens with zero attached hydrogens (tertiary/aromatic N) is 1. The quantitative estimate of drug-likeness (QED) is 0.468. The monoisotopic (exact) mass is 190 g/mol. The van der Waals surface area contributed by atoms with E-state index in [2.05, 4.69) is 0 Å². The fourth-order valence-electron chi connectivity index (χ4n) is 1.05. The summed E-state index contributed by atoms with van der Waals surface area (Å²) >= 11 is 0. The standard InChI is InChI=1S/C6H9NO4S/c1-12(11)5-2-4(8)7(5)3-6(9)10/h5H,2-3H2,1H3,(H,9,10)/p-1. The lowest BCUT2D eigenvalue weighted by atomic mass is 10.2. The van der Waals surface area contributed by atoms with Gasteiger partial charge in [0.05, 0.1) is 18.9 Å². The summed E-state index contributed by atoms with van der Waals surface area (Å²) < 4.78 is 10.9. The smallest absolute Gasteiger partial charge is 0.226 e. The number of carbonyl (C=O) groups is 2. The molecule has 1 saturated heterocycles. The Balaban J connectivity index is 2.56. The number of hydrogen-bond donors (Lipinski definition) is 0. The predicted octanol–water partition coefficient (Wildman–Crippen LogP) is -2.33. The third kappa shape index (κ3) is 1.63. The van der Waals surface area contributed by atoms with E-state index in [4.69, 9.17) is 0 Å². The van der Waals surface area contributed by atoms with Gasteiger partial charge in [0.1, 0.15) is 5.37 Å².